The van der Waals surface area contributed by atoms with Gasteiger partial charge >= 0.3 is 12.2 Å². The summed E-state index contributed by atoms with van der Waals surface area (Å²) >= 11 is 0. The van der Waals surface area contributed by atoms with Crippen LogP contribution in [-0.4, -0.2) is 20.6 Å². The quantitative estimate of drug-likeness (QED) is 0.374. The Kier molecular flexibility index (Phi) is 6.07. The Hall–Kier alpha value is -4.21. The predicted molar refractivity (Wildman–Crippen MR) is 115 cm³/mol. The number of imidazole rings is 1. The standard InChI is InChI=1S/C23H17F4N5O/c24-19-5-4-17(23(25,26)27)13-20(19)31-22(33)30-18-3-1-2-15(12-18)14-32-11-10-29-21(32)16-6-8-28-9-7-16/h1-13H,14H2,(H2,30,31,33). The van der Waals surface area contributed by atoms with E-state index in [-0.39, 0.29) is 0 Å². The number of carbonyl (C=O) groups is 1. The summed E-state index contributed by atoms with van der Waals surface area (Å²) in [5.74, 6) is -0.232. The molecule has 10 heteroatoms. The van der Waals surface area contributed by atoms with Crippen LogP contribution in [0.1, 0.15) is 11.1 Å². The molecule has 6 nitrogen and oxygen atoms in total. The number of alkyl halides is 3. The number of hydrogen-bond acceptors (Lipinski definition) is 3. The van der Waals surface area contributed by atoms with Gasteiger partial charge in [-0.05, 0) is 48.0 Å². The number of aromatic nitrogens is 3. The number of urea groups is 1. The van der Waals surface area contributed by atoms with Gasteiger partial charge in [0.25, 0.3) is 0 Å². The van der Waals surface area contributed by atoms with Crippen LogP contribution in [0.4, 0.5) is 33.7 Å². The molecule has 2 amide bonds. The molecule has 4 aromatic rings. The van der Waals surface area contributed by atoms with Gasteiger partial charge < -0.3 is 15.2 Å². The van der Waals surface area contributed by atoms with Crippen molar-refractivity contribution in [2.45, 2.75) is 12.7 Å². The molecule has 0 unspecified atom stereocenters. The number of nitrogens with one attached hydrogen (secondary N) is 2. The lowest BCUT2D eigenvalue weighted by atomic mass is 10.2. The Labute approximate surface area is 185 Å². The van der Waals surface area contributed by atoms with Crippen molar-refractivity contribution < 1.29 is 22.4 Å². The maximum atomic E-state index is 13.9. The van der Waals surface area contributed by atoms with Crippen LogP contribution in [0.15, 0.2) is 79.4 Å². The van der Waals surface area contributed by atoms with E-state index in [0.717, 1.165) is 17.0 Å². The second-order valence-electron chi connectivity index (χ2n) is 7.09. The van der Waals surface area contributed by atoms with Crippen LogP contribution in [0.5, 0.6) is 0 Å². The van der Waals surface area contributed by atoms with Crippen LogP contribution in [0.25, 0.3) is 11.4 Å². The van der Waals surface area contributed by atoms with Crippen molar-refractivity contribution in [2.24, 2.45) is 0 Å². The average molecular weight is 455 g/mol. The summed E-state index contributed by atoms with van der Waals surface area (Å²) in [4.78, 5) is 20.6. The van der Waals surface area contributed by atoms with Crippen LogP contribution >= 0.6 is 0 Å². The Morgan fingerprint density at radius 2 is 1.76 bits per heavy atom. The Morgan fingerprint density at radius 3 is 2.52 bits per heavy atom. The zero-order valence-electron chi connectivity index (χ0n) is 17.0. The molecule has 168 valence electrons. The first-order chi connectivity index (χ1) is 15.8. The number of benzene rings is 2. The van der Waals surface area contributed by atoms with Gasteiger partial charge in [-0.15, -0.1) is 0 Å². The third-order valence-corrected chi connectivity index (χ3v) is 4.73. The van der Waals surface area contributed by atoms with E-state index in [1.807, 2.05) is 29.0 Å². The predicted octanol–water partition coefficient (Wildman–Crippen LogP) is 5.80. The lowest BCUT2D eigenvalue weighted by molar-refractivity contribution is -0.137. The monoisotopic (exact) mass is 455 g/mol. The molecule has 2 N–H and O–H groups in total. The zero-order valence-corrected chi connectivity index (χ0v) is 17.0. The first-order valence-electron chi connectivity index (χ1n) is 9.75. The molecule has 0 spiro atoms. The number of hydrogen-bond donors (Lipinski definition) is 2. The van der Waals surface area contributed by atoms with E-state index >= 15 is 0 Å². The fourth-order valence-corrected chi connectivity index (χ4v) is 3.22. The maximum Gasteiger partial charge on any atom is 0.416 e. The summed E-state index contributed by atoms with van der Waals surface area (Å²) in [5, 5.41) is 4.63. The Bertz CT molecular complexity index is 1270. The van der Waals surface area contributed by atoms with Gasteiger partial charge in [0.05, 0.1) is 11.3 Å². The highest BCUT2D eigenvalue weighted by atomic mass is 19.4. The number of pyridine rings is 1. The first kappa shape index (κ1) is 22.0. The van der Waals surface area contributed by atoms with Gasteiger partial charge in [-0.25, -0.2) is 14.2 Å². The molecule has 4 rings (SSSR count). The van der Waals surface area contributed by atoms with Crippen LogP contribution in [0.2, 0.25) is 0 Å². The van der Waals surface area contributed by atoms with Crippen molar-refractivity contribution in [1.82, 2.24) is 14.5 Å². The van der Waals surface area contributed by atoms with Crippen LogP contribution in [-0.2, 0) is 12.7 Å². The molecule has 2 aromatic heterocycles. The van der Waals surface area contributed by atoms with E-state index < -0.39 is 29.3 Å². The van der Waals surface area contributed by atoms with Crippen LogP contribution < -0.4 is 10.6 Å². The molecule has 0 saturated carbocycles. The van der Waals surface area contributed by atoms with Crippen molar-refractivity contribution in [3.05, 3.63) is 96.3 Å². The minimum absolute atomic E-state index is 0.392. The lowest BCUT2D eigenvalue weighted by Crippen LogP contribution is -2.20. The van der Waals surface area contributed by atoms with E-state index in [2.05, 4.69) is 20.6 Å². The SMILES string of the molecule is O=C(Nc1cccc(Cn2ccnc2-c2ccncc2)c1)Nc1cc(C(F)(F)F)ccc1F. The molecule has 2 aromatic carbocycles. The normalized spacial score (nSPS) is 11.3. The summed E-state index contributed by atoms with van der Waals surface area (Å²) in [6.07, 6.45) is 2.18. The molecule has 2 heterocycles. The summed E-state index contributed by atoms with van der Waals surface area (Å²) < 4.78 is 54.4. The van der Waals surface area contributed by atoms with E-state index in [0.29, 0.717) is 30.4 Å². The van der Waals surface area contributed by atoms with E-state index in [1.54, 1.807) is 36.8 Å². The third-order valence-electron chi connectivity index (χ3n) is 4.73. The first-order valence-corrected chi connectivity index (χ1v) is 9.75. The highest BCUT2D eigenvalue weighted by Gasteiger charge is 2.31. The Morgan fingerprint density at radius 1 is 0.970 bits per heavy atom. The molecular formula is C23H17F4N5O. The number of rotatable bonds is 5. The largest absolute Gasteiger partial charge is 0.416 e. The molecule has 0 bridgehead atoms. The van der Waals surface area contributed by atoms with Crippen molar-refractivity contribution >= 4 is 17.4 Å². The van der Waals surface area contributed by atoms with E-state index in [4.69, 9.17) is 0 Å². The molecule has 33 heavy (non-hydrogen) atoms. The van der Waals surface area contributed by atoms with Crippen molar-refractivity contribution in [3.8, 4) is 11.4 Å². The zero-order chi connectivity index (χ0) is 23.4. The van der Waals surface area contributed by atoms with Gasteiger partial charge in [0.15, 0.2) is 0 Å². The fourth-order valence-electron chi connectivity index (χ4n) is 3.22. The van der Waals surface area contributed by atoms with Crippen LogP contribution in [0.3, 0.4) is 0 Å². The van der Waals surface area contributed by atoms with Gasteiger partial charge in [-0.2, -0.15) is 13.2 Å². The van der Waals surface area contributed by atoms with E-state index in [1.165, 1.54) is 0 Å². The van der Waals surface area contributed by atoms with Gasteiger partial charge in [0.2, 0.25) is 0 Å². The number of halogens is 4. The van der Waals surface area contributed by atoms with Crippen molar-refractivity contribution in [1.29, 1.82) is 0 Å². The summed E-state index contributed by atoms with van der Waals surface area (Å²) in [5.41, 5.74) is 0.492. The van der Waals surface area contributed by atoms with Crippen molar-refractivity contribution in [2.75, 3.05) is 10.6 Å². The lowest BCUT2D eigenvalue weighted by Gasteiger charge is -2.13. The van der Waals surface area contributed by atoms with Crippen LogP contribution in [0, 0.1) is 5.82 Å². The molecule has 0 fully saturated rings. The minimum atomic E-state index is -4.66. The molecule has 0 aliphatic rings. The highest BCUT2D eigenvalue weighted by molar-refractivity contribution is 5.99. The fraction of sp³-hybridized carbons (Fsp3) is 0.0870. The number of amides is 2. The molecule has 0 saturated heterocycles. The van der Waals surface area contributed by atoms with E-state index in [9.17, 15) is 22.4 Å². The van der Waals surface area contributed by atoms with Gasteiger partial charge in [-0.1, -0.05) is 12.1 Å². The maximum absolute atomic E-state index is 13.9. The van der Waals surface area contributed by atoms with Gasteiger partial charge in [0, 0.05) is 42.6 Å². The molecule has 0 radical (unpaired) electrons. The molecule has 0 aliphatic heterocycles. The number of carbonyl (C=O) groups excluding carboxylic acids is 1. The van der Waals surface area contributed by atoms with Gasteiger partial charge in [-0.3, -0.25) is 4.98 Å². The Balaban J connectivity index is 1.47. The molecule has 0 aliphatic carbocycles. The summed E-state index contributed by atoms with van der Waals surface area (Å²) in [6, 6.07) is 11.5. The molecule has 0 atom stereocenters. The number of nitrogens with zero attached hydrogens (tertiary/aromatic N) is 3. The second-order valence-corrected chi connectivity index (χ2v) is 7.09. The average Bonchev–Trinajstić information content (AvgIpc) is 3.23. The summed E-state index contributed by atoms with van der Waals surface area (Å²) in [6.45, 7) is 0.455. The second kappa shape index (κ2) is 9.11. The smallest absolute Gasteiger partial charge is 0.327 e. The topological polar surface area (TPSA) is 71.8 Å². The third kappa shape index (κ3) is 5.35. The van der Waals surface area contributed by atoms with Gasteiger partial charge in [0.1, 0.15) is 11.6 Å². The highest BCUT2D eigenvalue weighted by Crippen LogP contribution is 2.32. The minimum Gasteiger partial charge on any atom is -0.327 e. The molecular weight excluding hydrogens is 438 g/mol. The summed E-state index contributed by atoms with van der Waals surface area (Å²) in [7, 11) is 0. The number of anilines is 2. The van der Waals surface area contributed by atoms with Crippen molar-refractivity contribution in [3.63, 3.8) is 0 Å².